The van der Waals surface area contributed by atoms with Gasteiger partial charge < -0.3 is 0 Å². The molecule has 0 saturated carbocycles. The lowest BCUT2D eigenvalue weighted by molar-refractivity contribution is 0.482. The van der Waals surface area contributed by atoms with Gasteiger partial charge in [-0.2, -0.15) is 8.42 Å². The van der Waals surface area contributed by atoms with E-state index in [9.17, 15) is 8.42 Å². The number of benzene rings is 1. The molecule has 0 heterocycles. The fourth-order valence-electron chi connectivity index (χ4n) is 1.07. The first kappa shape index (κ1) is 12.7. The maximum absolute atomic E-state index is 11.0. The third-order valence-corrected chi connectivity index (χ3v) is 3.95. The minimum Gasteiger partial charge on any atom is -0.282 e. The zero-order valence-corrected chi connectivity index (χ0v) is 12.4. The molecule has 6 heteroatoms. The van der Waals surface area contributed by atoms with Gasteiger partial charge >= 0.3 is 0 Å². The smallest absolute Gasteiger partial charge is 0.282 e. The maximum atomic E-state index is 11.0. The van der Waals surface area contributed by atoms with Gasteiger partial charge in [-0.15, -0.1) is 0 Å². The Kier molecular flexibility index (Phi) is 4.18. The molecule has 1 rings (SSSR count). The molecule has 0 aromatic heterocycles. The van der Waals surface area contributed by atoms with E-state index in [1.807, 2.05) is 6.92 Å². The monoisotopic (exact) mass is 438 g/mol. The van der Waals surface area contributed by atoms with Crippen LogP contribution in [-0.4, -0.2) is 13.0 Å². The van der Waals surface area contributed by atoms with Crippen LogP contribution in [0.1, 0.15) is 13.1 Å². The Morgan fingerprint density at radius 3 is 2.36 bits per heavy atom. The summed E-state index contributed by atoms with van der Waals surface area (Å²) in [6.07, 6.45) is 0. The van der Waals surface area contributed by atoms with Crippen LogP contribution in [0, 0.1) is 6.92 Å². The van der Waals surface area contributed by atoms with Gasteiger partial charge in [0.25, 0.3) is 10.1 Å². The van der Waals surface area contributed by atoms with E-state index in [-0.39, 0.29) is 6.83 Å². The van der Waals surface area contributed by atoms with Gasteiger partial charge in [0, 0.05) is 0 Å². The van der Waals surface area contributed by atoms with Crippen molar-refractivity contribution in [1.29, 1.82) is 0 Å². The molecule has 3 nitrogen and oxygen atoms in total. The molecule has 0 radical (unpaired) electrons. The van der Waals surface area contributed by atoms with Crippen LogP contribution in [0.25, 0.3) is 0 Å². The summed E-state index contributed by atoms with van der Waals surface area (Å²) in [5.74, 6) is 0. The fraction of sp³-hybridized carbons (Fsp3) is 0.250. The summed E-state index contributed by atoms with van der Waals surface area (Å²) in [5, 5.41) is 0. The first-order chi connectivity index (χ1) is 6.32. The molecule has 78 valence electrons. The SMILES string of the molecule is Cc1ccc(S(=O)(=O)O)c(C(I)I)c1. The third kappa shape index (κ3) is 3.04. The van der Waals surface area contributed by atoms with Crippen molar-refractivity contribution in [3.63, 3.8) is 0 Å². The van der Waals surface area contributed by atoms with Crippen molar-refractivity contribution in [3.05, 3.63) is 29.3 Å². The van der Waals surface area contributed by atoms with Crippen LogP contribution in [0.4, 0.5) is 0 Å². The van der Waals surface area contributed by atoms with Gasteiger partial charge in [0.05, 0.1) is 6.83 Å². The summed E-state index contributed by atoms with van der Waals surface area (Å²) >= 11 is 4.20. The quantitative estimate of drug-likeness (QED) is 0.439. The molecular formula is C8H8I2O3S. The zero-order chi connectivity index (χ0) is 10.9. The lowest BCUT2D eigenvalue weighted by Crippen LogP contribution is -2.02. The average molecular weight is 438 g/mol. The van der Waals surface area contributed by atoms with E-state index in [0.29, 0.717) is 5.56 Å². The molecule has 14 heavy (non-hydrogen) atoms. The predicted octanol–water partition coefficient (Wildman–Crippen LogP) is 3.11. The molecule has 1 aromatic rings. The van der Waals surface area contributed by atoms with Gasteiger partial charge in [-0.3, -0.25) is 4.55 Å². The molecule has 1 aromatic carbocycles. The van der Waals surface area contributed by atoms with Gasteiger partial charge in [-0.05, 0) is 18.6 Å². The molecule has 0 bridgehead atoms. The van der Waals surface area contributed by atoms with Crippen molar-refractivity contribution in [2.24, 2.45) is 0 Å². The van der Waals surface area contributed by atoms with Crippen LogP contribution in [0.3, 0.4) is 0 Å². The van der Waals surface area contributed by atoms with E-state index in [2.05, 4.69) is 45.2 Å². The molecule has 0 aliphatic carbocycles. The van der Waals surface area contributed by atoms with Gasteiger partial charge in [0.1, 0.15) is 0 Å². The molecule has 0 unspecified atom stereocenters. The van der Waals surface area contributed by atoms with Crippen molar-refractivity contribution >= 4 is 55.3 Å². The molecule has 0 fully saturated rings. The minimum absolute atomic E-state index is 0.00287. The van der Waals surface area contributed by atoms with Crippen LogP contribution in [0.15, 0.2) is 23.1 Å². The van der Waals surface area contributed by atoms with Crippen molar-refractivity contribution in [1.82, 2.24) is 0 Å². The van der Waals surface area contributed by atoms with E-state index in [1.54, 1.807) is 12.1 Å². The van der Waals surface area contributed by atoms with E-state index in [1.165, 1.54) is 6.07 Å². The first-order valence-electron chi connectivity index (χ1n) is 3.68. The highest BCUT2D eigenvalue weighted by atomic mass is 127. The molecule has 0 aliphatic rings. The van der Waals surface area contributed by atoms with E-state index >= 15 is 0 Å². The average Bonchev–Trinajstić information content (AvgIpc) is 2.01. The van der Waals surface area contributed by atoms with Gasteiger partial charge in [-0.25, -0.2) is 0 Å². The van der Waals surface area contributed by atoms with Crippen molar-refractivity contribution in [3.8, 4) is 0 Å². The lowest BCUT2D eigenvalue weighted by Gasteiger charge is -2.08. The van der Waals surface area contributed by atoms with E-state index in [0.717, 1.165) is 5.56 Å². The summed E-state index contributed by atoms with van der Waals surface area (Å²) in [6, 6.07) is 4.87. The minimum atomic E-state index is -4.10. The highest BCUT2D eigenvalue weighted by Crippen LogP contribution is 2.35. The molecule has 0 saturated heterocycles. The Labute approximate surface area is 110 Å². The molecule has 0 spiro atoms. The Morgan fingerprint density at radius 2 is 1.93 bits per heavy atom. The summed E-state index contributed by atoms with van der Waals surface area (Å²) < 4.78 is 31.0. The second-order valence-corrected chi connectivity index (χ2v) is 9.08. The number of halogens is 2. The zero-order valence-electron chi connectivity index (χ0n) is 7.24. The van der Waals surface area contributed by atoms with Crippen LogP contribution in [0.5, 0.6) is 0 Å². The van der Waals surface area contributed by atoms with E-state index in [4.69, 9.17) is 4.55 Å². The van der Waals surface area contributed by atoms with Gasteiger partial charge in [-0.1, -0.05) is 62.9 Å². The fourth-order valence-corrected chi connectivity index (χ4v) is 3.24. The Balaban J connectivity index is 3.45. The van der Waals surface area contributed by atoms with Crippen LogP contribution in [-0.2, 0) is 10.1 Å². The maximum Gasteiger partial charge on any atom is 0.294 e. The highest BCUT2D eigenvalue weighted by molar-refractivity contribution is 14.2. The first-order valence-corrected chi connectivity index (χ1v) is 7.61. The normalized spacial score (nSPS) is 12.1. The number of rotatable bonds is 2. The molecule has 1 N–H and O–H groups in total. The van der Waals surface area contributed by atoms with Crippen molar-refractivity contribution in [2.75, 3.05) is 0 Å². The largest absolute Gasteiger partial charge is 0.294 e. The lowest BCUT2D eigenvalue weighted by atomic mass is 10.2. The van der Waals surface area contributed by atoms with Crippen LogP contribution < -0.4 is 0 Å². The Morgan fingerprint density at radius 1 is 1.36 bits per heavy atom. The van der Waals surface area contributed by atoms with Crippen molar-refractivity contribution < 1.29 is 13.0 Å². The Bertz CT molecular complexity index is 440. The number of aryl methyl sites for hydroxylation is 1. The Hall–Kier alpha value is 0.590. The molecule has 0 atom stereocenters. The predicted molar refractivity (Wildman–Crippen MR) is 71.8 cm³/mol. The molecule has 0 aliphatic heterocycles. The standard InChI is InChI=1S/C8H8I2O3S/c1-5-2-3-7(14(11,12)13)6(4-5)8(9)10/h2-4,8H,1H3,(H,11,12,13). The highest BCUT2D eigenvalue weighted by Gasteiger charge is 2.18. The number of hydrogen-bond donors (Lipinski definition) is 1. The summed E-state index contributed by atoms with van der Waals surface area (Å²) in [6.45, 7) is 1.88. The second kappa shape index (κ2) is 4.62. The van der Waals surface area contributed by atoms with E-state index < -0.39 is 10.1 Å². The topological polar surface area (TPSA) is 54.4 Å². The van der Waals surface area contributed by atoms with Crippen LogP contribution >= 0.6 is 45.2 Å². The molecule has 0 amide bonds. The third-order valence-electron chi connectivity index (χ3n) is 1.68. The van der Waals surface area contributed by atoms with Crippen molar-refractivity contribution in [2.45, 2.75) is 13.8 Å². The summed E-state index contributed by atoms with van der Waals surface area (Å²) in [7, 11) is -4.10. The van der Waals surface area contributed by atoms with Crippen LogP contribution in [0.2, 0.25) is 0 Å². The van der Waals surface area contributed by atoms with Gasteiger partial charge in [0.15, 0.2) is 0 Å². The molecular weight excluding hydrogens is 430 g/mol. The van der Waals surface area contributed by atoms with Gasteiger partial charge in [0.2, 0.25) is 0 Å². The second-order valence-electron chi connectivity index (χ2n) is 2.82. The summed E-state index contributed by atoms with van der Waals surface area (Å²) in [5.41, 5.74) is 1.61. The number of alkyl halides is 2. The number of hydrogen-bond acceptors (Lipinski definition) is 2. The summed E-state index contributed by atoms with van der Waals surface area (Å²) in [4.78, 5) is -0.00287.